The predicted octanol–water partition coefficient (Wildman–Crippen LogP) is 1.49. The largest absolute Gasteiger partial charge is 0.480 e. The van der Waals surface area contributed by atoms with E-state index in [1.54, 1.807) is 13.3 Å². The molecule has 1 amide bonds. The Labute approximate surface area is 122 Å². The summed E-state index contributed by atoms with van der Waals surface area (Å²) in [5.41, 5.74) is 1.39. The Morgan fingerprint density at radius 1 is 1.38 bits per heavy atom. The van der Waals surface area contributed by atoms with Gasteiger partial charge in [0.15, 0.2) is 0 Å². The molecule has 0 saturated carbocycles. The number of ether oxygens (including phenoxy) is 1. The van der Waals surface area contributed by atoms with Gasteiger partial charge in [-0.05, 0) is 13.0 Å². The number of fused-ring (bicyclic) bond motifs is 1. The van der Waals surface area contributed by atoms with E-state index < -0.39 is 17.9 Å². The lowest BCUT2D eigenvalue weighted by atomic mass is 10.1. The van der Waals surface area contributed by atoms with Crippen molar-refractivity contribution in [3.05, 3.63) is 36.0 Å². The smallest absolute Gasteiger partial charge is 0.325 e. The molecule has 0 fully saturated rings. The Morgan fingerprint density at radius 3 is 2.76 bits per heavy atom. The molecule has 0 saturated heterocycles. The molecule has 0 aliphatic heterocycles. The fourth-order valence-electron chi connectivity index (χ4n) is 2.14. The van der Waals surface area contributed by atoms with E-state index in [4.69, 9.17) is 9.84 Å². The van der Waals surface area contributed by atoms with E-state index in [-0.39, 0.29) is 0 Å². The molecule has 2 rings (SSSR count). The molecule has 0 aliphatic carbocycles. The van der Waals surface area contributed by atoms with Crippen molar-refractivity contribution < 1.29 is 19.4 Å². The van der Waals surface area contributed by atoms with Crippen LogP contribution in [0.5, 0.6) is 0 Å². The van der Waals surface area contributed by atoms with Crippen LogP contribution in [0.1, 0.15) is 17.3 Å². The van der Waals surface area contributed by atoms with Crippen LogP contribution in [0.25, 0.3) is 10.9 Å². The number of amides is 1. The molecule has 21 heavy (non-hydrogen) atoms. The molecule has 1 heterocycles. The van der Waals surface area contributed by atoms with Gasteiger partial charge in [0.25, 0.3) is 5.91 Å². The Bertz CT molecular complexity index is 663. The molecule has 0 unspecified atom stereocenters. The molecule has 0 spiro atoms. The molecular formula is C15H18N2O4. The summed E-state index contributed by atoms with van der Waals surface area (Å²) in [7, 11) is 1.62. The van der Waals surface area contributed by atoms with Gasteiger partial charge in [0.2, 0.25) is 0 Å². The van der Waals surface area contributed by atoms with Gasteiger partial charge >= 0.3 is 5.97 Å². The number of aromatic nitrogens is 1. The number of nitrogens with zero attached hydrogens (tertiary/aromatic N) is 1. The molecule has 1 aromatic carbocycles. The molecule has 6 nitrogen and oxygen atoms in total. The van der Waals surface area contributed by atoms with E-state index in [0.29, 0.717) is 18.7 Å². The molecule has 1 atom stereocenters. The zero-order valence-electron chi connectivity index (χ0n) is 12.0. The van der Waals surface area contributed by atoms with Crippen molar-refractivity contribution in [2.24, 2.45) is 0 Å². The highest BCUT2D eigenvalue weighted by Crippen LogP contribution is 2.21. The second-order valence-electron chi connectivity index (χ2n) is 4.78. The van der Waals surface area contributed by atoms with Crippen LogP contribution < -0.4 is 5.32 Å². The molecule has 2 N–H and O–H groups in total. The van der Waals surface area contributed by atoms with Crippen LogP contribution in [0.3, 0.4) is 0 Å². The number of aliphatic carboxylic acids is 1. The Morgan fingerprint density at radius 2 is 2.10 bits per heavy atom. The van der Waals surface area contributed by atoms with Gasteiger partial charge in [-0.25, -0.2) is 0 Å². The van der Waals surface area contributed by atoms with Crippen molar-refractivity contribution in [2.45, 2.75) is 19.5 Å². The topological polar surface area (TPSA) is 80.6 Å². The minimum Gasteiger partial charge on any atom is -0.480 e. The van der Waals surface area contributed by atoms with Gasteiger partial charge in [0.1, 0.15) is 6.04 Å². The quantitative estimate of drug-likeness (QED) is 0.844. The first kappa shape index (κ1) is 15.1. The maximum absolute atomic E-state index is 12.2. The second-order valence-corrected chi connectivity index (χ2v) is 4.78. The summed E-state index contributed by atoms with van der Waals surface area (Å²) in [4.78, 5) is 23.1. The SMILES string of the molecule is COCCn1cc(C(=O)N[C@@H](C)C(=O)O)c2ccccc21. The molecule has 112 valence electrons. The maximum atomic E-state index is 12.2. The minimum absolute atomic E-state index is 0.391. The lowest BCUT2D eigenvalue weighted by molar-refractivity contribution is -0.138. The summed E-state index contributed by atoms with van der Waals surface area (Å²) in [5, 5.41) is 12.1. The van der Waals surface area contributed by atoms with Gasteiger partial charge < -0.3 is 19.7 Å². The van der Waals surface area contributed by atoms with Crippen LogP contribution in [0.2, 0.25) is 0 Å². The van der Waals surface area contributed by atoms with Crippen molar-refractivity contribution in [2.75, 3.05) is 13.7 Å². The third-order valence-corrected chi connectivity index (χ3v) is 3.29. The third kappa shape index (κ3) is 3.22. The molecular weight excluding hydrogens is 272 g/mol. The summed E-state index contributed by atoms with van der Waals surface area (Å²) >= 11 is 0. The minimum atomic E-state index is -1.06. The van der Waals surface area contributed by atoms with Gasteiger partial charge in [-0.3, -0.25) is 9.59 Å². The molecule has 0 bridgehead atoms. The van der Waals surface area contributed by atoms with Crippen LogP contribution in [0, 0.1) is 0 Å². The van der Waals surface area contributed by atoms with Crippen LogP contribution in [0.4, 0.5) is 0 Å². The van der Waals surface area contributed by atoms with E-state index in [9.17, 15) is 9.59 Å². The van der Waals surface area contributed by atoms with Crippen molar-refractivity contribution in [3.63, 3.8) is 0 Å². The van der Waals surface area contributed by atoms with Crippen molar-refractivity contribution in [1.29, 1.82) is 0 Å². The highest BCUT2D eigenvalue weighted by atomic mass is 16.5. The number of carboxylic acid groups (broad SMARTS) is 1. The van der Waals surface area contributed by atoms with Crippen LogP contribution >= 0.6 is 0 Å². The number of carbonyl (C=O) groups excluding carboxylic acids is 1. The monoisotopic (exact) mass is 290 g/mol. The summed E-state index contributed by atoms with van der Waals surface area (Å²) in [5.74, 6) is -1.45. The molecule has 1 aromatic heterocycles. The lowest BCUT2D eigenvalue weighted by Crippen LogP contribution is -2.38. The fourth-order valence-corrected chi connectivity index (χ4v) is 2.14. The van der Waals surface area contributed by atoms with E-state index in [1.165, 1.54) is 6.92 Å². The summed E-state index contributed by atoms with van der Waals surface area (Å²) in [6.45, 7) is 2.59. The molecule has 6 heteroatoms. The predicted molar refractivity (Wildman–Crippen MR) is 78.4 cm³/mol. The lowest BCUT2D eigenvalue weighted by Gasteiger charge is -2.08. The van der Waals surface area contributed by atoms with E-state index in [0.717, 1.165) is 10.9 Å². The average Bonchev–Trinajstić information content (AvgIpc) is 2.84. The van der Waals surface area contributed by atoms with E-state index >= 15 is 0 Å². The van der Waals surface area contributed by atoms with Crippen LogP contribution in [-0.2, 0) is 16.1 Å². The Kier molecular flexibility index (Phi) is 4.59. The molecule has 0 aliphatic rings. The van der Waals surface area contributed by atoms with Crippen molar-refractivity contribution in [3.8, 4) is 0 Å². The standard InChI is InChI=1S/C15H18N2O4/c1-10(15(19)20)16-14(18)12-9-17(7-8-21-2)13-6-4-3-5-11(12)13/h3-6,9-10H,7-8H2,1-2H3,(H,16,18)(H,19,20)/t10-/m0/s1. The average molecular weight is 290 g/mol. The first-order valence-electron chi connectivity index (χ1n) is 6.65. The van der Waals surface area contributed by atoms with Crippen LogP contribution in [-0.4, -0.2) is 41.3 Å². The van der Waals surface area contributed by atoms with E-state index in [1.807, 2.05) is 28.8 Å². The fraction of sp³-hybridized carbons (Fsp3) is 0.333. The van der Waals surface area contributed by atoms with Gasteiger partial charge in [-0.15, -0.1) is 0 Å². The molecule has 0 radical (unpaired) electrons. The molecule has 2 aromatic rings. The Hall–Kier alpha value is -2.34. The number of rotatable bonds is 6. The van der Waals surface area contributed by atoms with Gasteiger partial charge in [-0.1, -0.05) is 18.2 Å². The van der Waals surface area contributed by atoms with Gasteiger partial charge in [0, 0.05) is 30.8 Å². The number of hydrogen-bond donors (Lipinski definition) is 2. The number of methoxy groups -OCH3 is 1. The number of carboxylic acids is 1. The number of benzene rings is 1. The summed E-state index contributed by atoms with van der Waals surface area (Å²) in [6, 6.07) is 6.58. The third-order valence-electron chi connectivity index (χ3n) is 3.29. The number of para-hydroxylation sites is 1. The van der Waals surface area contributed by atoms with E-state index in [2.05, 4.69) is 5.32 Å². The normalized spacial score (nSPS) is 12.3. The highest BCUT2D eigenvalue weighted by Gasteiger charge is 2.19. The number of carbonyl (C=O) groups is 2. The summed E-state index contributed by atoms with van der Waals surface area (Å²) < 4.78 is 6.99. The second kappa shape index (κ2) is 6.41. The highest BCUT2D eigenvalue weighted by molar-refractivity contribution is 6.07. The van der Waals surface area contributed by atoms with Gasteiger partial charge in [0.05, 0.1) is 12.2 Å². The Balaban J connectivity index is 2.35. The number of hydrogen-bond acceptors (Lipinski definition) is 3. The van der Waals surface area contributed by atoms with Crippen molar-refractivity contribution >= 4 is 22.8 Å². The first-order chi connectivity index (χ1) is 10.0. The maximum Gasteiger partial charge on any atom is 0.325 e. The number of nitrogens with one attached hydrogen (secondary N) is 1. The first-order valence-corrected chi connectivity index (χ1v) is 6.65. The summed E-state index contributed by atoms with van der Waals surface area (Å²) in [6.07, 6.45) is 1.73. The zero-order valence-corrected chi connectivity index (χ0v) is 12.0. The zero-order chi connectivity index (χ0) is 15.4. The van der Waals surface area contributed by atoms with Crippen LogP contribution in [0.15, 0.2) is 30.5 Å². The van der Waals surface area contributed by atoms with Crippen molar-refractivity contribution in [1.82, 2.24) is 9.88 Å². The van der Waals surface area contributed by atoms with Gasteiger partial charge in [-0.2, -0.15) is 0 Å².